The predicted octanol–water partition coefficient (Wildman–Crippen LogP) is 5.04. The van der Waals surface area contributed by atoms with Gasteiger partial charge in [-0.2, -0.15) is 0 Å². The molecule has 0 saturated carbocycles. The van der Waals surface area contributed by atoms with Gasteiger partial charge in [-0.25, -0.2) is 0 Å². The second-order valence-electron chi connectivity index (χ2n) is 10.5. The maximum atomic E-state index is 13.1. The first-order chi connectivity index (χ1) is 16.1. The Bertz CT molecular complexity index is 984. The summed E-state index contributed by atoms with van der Waals surface area (Å²) in [5.74, 6) is -0.0344. The number of carboxylic acid groups (broad SMARTS) is 1. The van der Waals surface area contributed by atoms with Crippen molar-refractivity contribution < 1.29 is 19.4 Å². The summed E-state index contributed by atoms with van der Waals surface area (Å²) in [6.45, 7) is 13.2. The van der Waals surface area contributed by atoms with Crippen molar-refractivity contribution >= 4 is 23.3 Å². The molecule has 2 N–H and O–H groups in total. The molecular weight excluding hydrogens is 428 g/mol. The highest BCUT2D eigenvalue weighted by Crippen LogP contribution is 2.40. The third-order valence-corrected chi connectivity index (χ3v) is 6.13. The molecule has 0 radical (unpaired) electrons. The van der Waals surface area contributed by atoms with E-state index >= 15 is 0 Å². The summed E-state index contributed by atoms with van der Waals surface area (Å²) in [7, 11) is 0. The summed E-state index contributed by atoms with van der Waals surface area (Å²) in [6.07, 6.45) is 0.284. The molecule has 0 unspecified atom stereocenters. The highest BCUT2D eigenvalue weighted by molar-refractivity contribution is 5.96. The molecule has 34 heavy (non-hydrogen) atoms. The monoisotopic (exact) mass is 466 g/mol. The highest BCUT2D eigenvalue weighted by atomic mass is 16.5. The molecule has 1 fully saturated rings. The fraction of sp³-hybridized carbons (Fsp3) is 0.500. The first kappa shape index (κ1) is 25.8. The van der Waals surface area contributed by atoms with E-state index in [9.17, 15) is 14.7 Å². The van der Waals surface area contributed by atoms with Crippen LogP contribution in [0.4, 0.5) is 11.4 Å². The number of aryl methyl sites for hydroxylation is 1. The van der Waals surface area contributed by atoms with Gasteiger partial charge in [-0.1, -0.05) is 63.6 Å². The molecule has 3 rings (SSSR count). The van der Waals surface area contributed by atoms with Crippen molar-refractivity contribution in [2.75, 3.05) is 36.5 Å². The Morgan fingerprint density at radius 1 is 1.03 bits per heavy atom. The molecule has 2 aromatic rings. The van der Waals surface area contributed by atoms with Crippen LogP contribution in [0.5, 0.6) is 0 Å². The Morgan fingerprint density at radius 3 is 2.15 bits per heavy atom. The first-order valence-corrected chi connectivity index (χ1v) is 12.1. The molecule has 1 saturated heterocycles. The lowest BCUT2D eigenvalue weighted by Crippen LogP contribution is -2.48. The average Bonchev–Trinajstić information content (AvgIpc) is 2.71. The molecular formula is C28H38N2O4. The minimum atomic E-state index is -0.849. The summed E-state index contributed by atoms with van der Waals surface area (Å²) < 4.78 is 5.42. The Morgan fingerprint density at radius 2 is 1.65 bits per heavy atom. The summed E-state index contributed by atoms with van der Waals surface area (Å²) >= 11 is 0. The van der Waals surface area contributed by atoms with E-state index in [0.717, 1.165) is 41.2 Å². The molecule has 1 aliphatic rings. The largest absolute Gasteiger partial charge is 0.481 e. The molecule has 184 valence electrons. The van der Waals surface area contributed by atoms with Crippen LogP contribution in [0.25, 0.3) is 0 Å². The summed E-state index contributed by atoms with van der Waals surface area (Å²) in [6, 6.07) is 14.0. The number of nitrogens with one attached hydrogen (secondary N) is 1. The Hall–Kier alpha value is -2.86. The van der Waals surface area contributed by atoms with Gasteiger partial charge in [0.2, 0.25) is 5.91 Å². The van der Waals surface area contributed by atoms with Crippen LogP contribution in [0.15, 0.2) is 42.5 Å². The number of hydrogen-bond acceptors (Lipinski definition) is 4. The zero-order valence-electron chi connectivity index (χ0n) is 21.1. The van der Waals surface area contributed by atoms with Crippen LogP contribution >= 0.6 is 0 Å². The molecule has 6 heteroatoms. The minimum Gasteiger partial charge on any atom is -0.481 e. The number of benzene rings is 2. The quantitative estimate of drug-likeness (QED) is 0.485. The van der Waals surface area contributed by atoms with Crippen molar-refractivity contribution in [3.8, 4) is 0 Å². The molecule has 1 amide bonds. The molecule has 6 nitrogen and oxygen atoms in total. The van der Waals surface area contributed by atoms with Crippen molar-refractivity contribution in [1.82, 2.24) is 0 Å². The summed E-state index contributed by atoms with van der Waals surface area (Å²) in [5, 5.41) is 12.6. The molecule has 0 bridgehead atoms. The topological polar surface area (TPSA) is 78.9 Å². The molecule has 0 aromatic heterocycles. The van der Waals surface area contributed by atoms with Crippen molar-refractivity contribution in [2.24, 2.45) is 11.8 Å². The zero-order valence-corrected chi connectivity index (χ0v) is 21.1. The van der Waals surface area contributed by atoms with Crippen LogP contribution in [0, 0.1) is 18.8 Å². The van der Waals surface area contributed by atoms with Crippen molar-refractivity contribution in [2.45, 2.75) is 52.9 Å². The number of ether oxygens (including phenoxy) is 1. The van der Waals surface area contributed by atoms with E-state index in [1.807, 2.05) is 49.4 Å². The lowest BCUT2D eigenvalue weighted by Gasteiger charge is -2.41. The Balaban J connectivity index is 1.96. The van der Waals surface area contributed by atoms with Crippen LogP contribution < -0.4 is 10.2 Å². The number of aliphatic carboxylic acids is 1. The molecule has 1 aliphatic heterocycles. The van der Waals surface area contributed by atoms with Crippen molar-refractivity contribution in [3.63, 3.8) is 0 Å². The molecule has 0 atom stereocenters. The van der Waals surface area contributed by atoms with Crippen molar-refractivity contribution in [3.05, 3.63) is 59.2 Å². The van der Waals surface area contributed by atoms with Gasteiger partial charge in [0.1, 0.15) is 0 Å². The van der Waals surface area contributed by atoms with E-state index in [2.05, 4.69) is 37.9 Å². The van der Waals surface area contributed by atoms with Crippen LogP contribution in [-0.2, 0) is 26.2 Å². The third kappa shape index (κ3) is 6.60. The number of nitrogens with zero attached hydrogens (tertiary/aromatic N) is 1. The summed E-state index contributed by atoms with van der Waals surface area (Å²) in [5.41, 5.74) is 4.15. The number of carbonyl (C=O) groups excluding carboxylic acids is 1. The molecule has 2 aromatic carbocycles. The second kappa shape index (κ2) is 11.0. The molecule has 0 spiro atoms. The predicted molar refractivity (Wildman–Crippen MR) is 137 cm³/mol. The smallest absolute Gasteiger partial charge is 0.304 e. The van der Waals surface area contributed by atoms with Gasteiger partial charge in [-0.05, 0) is 42.0 Å². The van der Waals surface area contributed by atoms with Gasteiger partial charge in [0.25, 0.3) is 0 Å². The highest BCUT2D eigenvalue weighted by Gasteiger charge is 2.42. The van der Waals surface area contributed by atoms with E-state index in [-0.39, 0.29) is 18.7 Å². The number of carbonyl (C=O) groups is 2. The van der Waals surface area contributed by atoms with Gasteiger partial charge in [0.15, 0.2) is 0 Å². The zero-order chi connectivity index (χ0) is 24.9. The van der Waals surface area contributed by atoms with Crippen LogP contribution in [-0.4, -0.2) is 43.3 Å². The van der Waals surface area contributed by atoms with E-state index < -0.39 is 11.4 Å². The van der Waals surface area contributed by atoms with E-state index in [1.165, 1.54) is 0 Å². The SMILES string of the molecule is Cc1ccc(CC(=O)Nc2cc(C3(CC(=O)O)COC3)ccc2N(CC(C)C)CC(C)C)cc1. The number of carboxylic acids is 1. The molecule has 0 aliphatic carbocycles. The Labute approximate surface area is 203 Å². The van der Waals surface area contributed by atoms with Crippen LogP contribution in [0.1, 0.15) is 50.8 Å². The number of hydrogen-bond donors (Lipinski definition) is 2. The summed E-state index contributed by atoms with van der Waals surface area (Å²) in [4.78, 5) is 26.9. The van der Waals surface area contributed by atoms with E-state index in [4.69, 9.17) is 4.74 Å². The lowest BCUT2D eigenvalue weighted by atomic mass is 9.75. The van der Waals surface area contributed by atoms with Gasteiger partial charge in [0.05, 0.1) is 42.8 Å². The maximum Gasteiger partial charge on any atom is 0.304 e. The minimum absolute atomic E-state index is 0.00476. The van der Waals surface area contributed by atoms with Gasteiger partial charge in [0, 0.05) is 13.1 Å². The van der Waals surface area contributed by atoms with Crippen LogP contribution in [0.2, 0.25) is 0 Å². The number of rotatable bonds is 11. The molecule has 1 heterocycles. The fourth-order valence-electron chi connectivity index (χ4n) is 4.49. The van der Waals surface area contributed by atoms with Crippen molar-refractivity contribution in [1.29, 1.82) is 0 Å². The maximum absolute atomic E-state index is 13.1. The van der Waals surface area contributed by atoms with Crippen LogP contribution in [0.3, 0.4) is 0 Å². The normalized spacial score (nSPS) is 14.7. The lowest BCUT2D eigenvalue weighted by molar-refractivity contribution is -0.145. The van der Waals surface area contributed by atoms with E-state index in [1.54, 1.807) is 0 Å². The first-order valence-electron chi connectivity index (χ1n) is 12.1. The Kier molecular flexibility index (Phi) is 8.37. The third-order valence-electron chi connectivity index (χ3n) is 6.13. The van der Waals surface area contributed by atoms with Gasteiger partial charge in [-0.15, -0.1) is 0 Å². The number of anilines is 2. The van der Waals surface area contributed by atoms with E-state index in [0.29, 0.717) is 25.0 Å². The van der Waals surface area contributed by atoms with Gasteiger partial charge < -0.3 is 20.1 Å². The fourth-order valence-corrected chi connectivity index (χ4v) is 4.49. The van der Waals surface area contributed by atoms with Gasteiger partial charge >= 0.3 is 5.97 Å². The standard InChI is InChI=1S/C28H38N2O4/c1-19(2)15-30(16-20(3)4)25-11-10-23(28(14-27(32)33)17-34-18-28)13-24(25)29-26(31)12-22-8-6-21(5)7-9-22/h6-11,13,19-20H,12,14-18H2,1-5H3,(H,29,31)(H,32,33). The second-order valence-corrected chi connectivity index (χ2v) is 10.5. The number of amides is 1. The van der Waals surface area contributed by atoms with Gasteiger partial charge in [-0.3, -0.25) is 9.59 Å². The average molecular weight is 467 g/mol.